The van der Waals surface area contributed by atoms with Crippen molar-refractivity contribution in [1.82, 2.24) is 30.0 Å². The molecule has 1 fully saturated rings. The van der Waals surface area contributed by atoms with Gasteiger partial charge in [0.25, 0.3) is 11.8 Å². The summed E-state index contributed by atoms with van der Waals surface area (Å²) in [6, 6.07) is 4.38. The van der Waals surface area contributed by atoms with Gasteiger partial charge in [-0.3, -0.25) is 14.7 Å². The smallest absolute Gasteiger partial charge is 0.272 e. The molecule has 8 nitrogen and oxygen atoms in total. The van der Waals surface area contributed by atoms with E-state index in [1.165, 1.54) is 12.3 Å². The number of amides is 2. The minimum absolute atomic E-state index is 0.157. The molecule has 2 aliphatic rings. The lowest BCUT2D eigenvalue weighted by Gasteiger charge is -2.48. The second kappa shape index (κ2) is 6.23. The quantitative estimate of drug-likeness (QED) is 0.701. The SMILES string of the molecule is O=C(NC1CC2(CN(C(=O)c3ccn[nH]3)C2)n2ccnc21)c1c(F)cccc1F. The average Bonchev–Trinajstić information content (AvgIpc) is 3.38. The highest BCUT2D eigenvalue weighted by molar-refractivity contribution is 5.95. The zero-order valence-corrected chi connectivity index (χ0v) is 15.1. The molecule has 2 aromatic heterocycles. The summed E-state index contributed by atoms with van der Waals surface area (Å²) in [5.74, 6) is -2.22. The fourth-order valence-electron chi connectivity index (χ4n) is 4.24. The summed E-state index contributed by atoms with van der Waals surface area (Å²) in [6.07, 6.45) is 5.39. The number of hydrogen-bond acceptors (Lipinski definition) is 4. The van der Waals surface area contributed by atoms with Crippen molar-refractivity contribution in [2.24, 2.45) is 0 Å². The lowest BCUT2D eigenvalue weighted by atomic mass is 9.85. The van der Waals surface area contributed by atoms with Gasteiger partial charge >= 0.3 is 0 Å². The molecular formula is C19H16F2N6O2. The number of carbonyl (C=O) groups is 2. The van der Waals surface area contributed by atoms with Crippen molar-refractivity contribution in [1.29, 1.82) is 0 Å². The highest BCUT2D eigenvalue weighted by Gasteiger charge is 2.54. The molecular weight excluding hydrogens is 382 g/mol. The molecule has 1 aromatic carbocycles. The van der Waals surface area contributed by atoms with E-state index in [0.717, 1.165) is 12.1 Å². The van der Waals surface area contributed by atoms with Gasteiger partial charge in [-0.2, -0.15) is 5.10 Å². The van der Waals surface area contributed by atoms with Crippen LogP contribution in [0.4, 0.5) is 8.78 Å². The third kappa shape index (κ3) is 2.63. The van der Waals surface area contributed by atoms with Crippen LogP contribution in [-0.4, -0.2) is 49.6 Å². The first kappa shape index (κ1) is 17.5. The molecule has 0 radical (unpaired) electrons. The van der Waals surface area contributed by atoms with Crippen LogP contribution in [0.2, 0.25) is 0 Å². The fraction of sp³-hybridized carbons (Fsp3) is 0.263. The number of imidazole rings is 1. The maximum Gasteiger partial charge on any atom is 0.272 e. The number of fused-ring (bicyclic) bond motifs is 2. The molecule has 5 rings (SSSR count). The van der Waals surface area contributed by atoms with E-state index in [1.54, 1.807) is 23.4 Å². The maximum absolute atomic E-state index is 13.9. The number of benzene rings is 1. The van der Waals surface area contributed by atoms with E-state index in [9.17, 15) is 18.4 Å². The highest BCUT2D eigenvalue weighted by Crippen LogP contribution is 2.44. The molecule has 2 N–H and O–H groups in total. The van der Waals surface area contributed by atoms with Crippen molar-refractivity contribution < 1.29 is 18.4 Å². The largest absolute Gasteiger partial charge is 0.342 e. The Labute approximate surface area is 163 Å². The number of rotatable bonds is 3. The van der Waals surface area contributed by atoms with Gasteiger partial charge in [-0.05, 0) is 18.2 Å². The predicted molar refractivity (Wildman–Crippen MR) is 95.9 cm³/mol. The number of carbonyl (C=O) groups excluding carboxylic acids is 2. The Hall–Kier alpha value is -3.56. The summed E-state index contributed by atoms with van der Waals surface area (Å²) >= 11 is 0. The van der Waals surface area contributed by atoms with Crippen molar-refractivity contribution >= 4 is 11.8 Å². The summed E-state index contributed by atoms with van der Waals surface area (Å²) in [5, 5.41) is 9.14. The Morgan fingerprint density at radius 1 is 1.17 bits per heavy atom. The topological polar surface area (TPSA) is 95.9 Å². The van der Waals surface area contributed by atoms with E-state index in [-0.39, 0.29) is 5.91 Å². The Morgan fingerprint density at radius 3 is 2.62 bits per heavy atom. The van der Waals surface area contributed by atoms with Crippen molar-refractivity contribution in [3.05, 3.63) is 71.6 Å². The van der Waals surface area contributed by atoms with Crippen LogP contribution in [0, 0.1) is 11.6 Å². The van der Waals surface area contributed by atoms with Gasteiger partial charge in [-0.1, -0.05) is 6.07 Å². The molecule has 2 amide bonds. The van der Waals surface area contributed by atoms with Gasteiger partial charge in [0.05, 0.1) is 11.6 Å². The Kier molecular flexibility index (Phi) is 3.76. The summed E-state index contributed by atoms with van der Waals surface area (Å²) < 4.78 is 29.8. The van der Waals surface area contributed by atoms with E-state index in [1.807, 2.05) is 4.57 Å². The molecule has 0 bridgehead atoms. The van der Waals surface area contributed by atoms with Crippen LogP contribution in [0.5, 0.6) is 0 Å². The molecule has 3 aromatic rings. The summed E-state index contributed by atoms with van der Waals surface area (Å²) in [6.45, 7) is 0.878. The number of aromatic amines is 1. The third-order valence-electron chi connectivity index (χ3n) is 5.56. The van der Waals surface area contributed by atoms with Crippen LogP contribution in [0.25, 0.3) is 0 Å². The van der Waals surface area contributed by atoms with E-state index < -0.39 is 34.7 Å². The number of nitrogens with one attached hydrogen (secondary N) is 2. The van der Waals surface area contributed by atoms with Crippen LogP contribution >= 0.6 is 0 Å². The molecule has 1 spiro atoms. The number of H-pyrrole nitrogens is 1. The lowest BCUT2D eigenvalue weighted by Crippen LogP contribution is -2.63. The molecule has 1 unspecified atom stereocenters. The Morgan fingerprint density at radius 2 is 1.93 bits per heavy atom. The van der Waals surface area contributed by atoms with Gasteiger partial charge in [-0.25, -0.2) is 13.8 Å². The number of halogens is 2. The normalized spacial score (nSPS) is 19.1. The maximum atomic E-state index is 13.9. The standard InChI is InChI=1S/C19H16F2N6O2/c20-11-2-1-3-12(21)15(11)17(28)24-14-8-19(27-7-6-22-16(14)27)9-26(10-19)18(29)13-4-5-23-25-13/h1-7,14H,8-10H2,(H,23,25)(H,24,28). The van der Waals surface area contributed by atoms with Crippen molar-refractivity contribution in [2.45, 2.75) is 18.0 Å². The first-order valence-electron chi connectivity index (χ1n) is 9.06. The van der Waals surface area contributed by atoms with Gasteiger partial charge in [0, 0.05) is 38.1 Å². The summed E-state index contributed by atoms with van der Waals surface area (Å²) in [7, 11) is 0. The number of aromatic nitrogens is 4. The molecule has 1 atom stereocenters. The lowest BCUT2D eigenvalue weighted by molar-refractivity contribution is 0.0134. The monoisotopic (exact) mass is 398 g/mol. The third-order valence-corrected chi connectivity index (χ3v) is 5.56. The zero-order chi connectivity index (χ0) is 20.2. The number of hydrogen-bond donors (Lipinski definition) is 2. The van der Waals surface area contributed by atoms with Crippen LogP contribution in [0.15, 0.2) is 42.9 Å². The molecule has 2 aliphatic heterocycles. The first-order chi connectivity index (χ1) is 14.0. The minimum atomic E-state index is -0.918. The molecule has 4 heterocycles. The van der Waals surface area contributed by atoms with Gasteiger partial charge < -0.3 is 14.8 Å². The van der Waals surface area contributed by atoms with Crippen LogP contribution < -0.4 is 5.32 Å². The molecule has 29 heavy (non-hydrogen) atoms. The fourth-order valence-corrected chi connectivity index (χ4v) is 4.24. The highest BCUT2D eigenvalue weighted by atomic mass is 19.1. The molecule has 0 aliphatic carbocycles. The van der Waals surface area contributed by atoms with Gasteiger partial charge in [-0.15, -0.1) is 0 Å². The Balaban J connectivity index is 1.35. The summed E-state index contributed by atoms with van der Waals surface area (Å²) in [5.41, 5.74) is -0.618. The molecule has 0 saturated carbocycles. The molecule has 10 heteroatoms. The second-order valence-electron chi connectivity index (χ2n) is 7.34. The summed E-state index contributed by atoms with van der Waals surface area (Å²) in [4.78, 5) is 31.0. The van der Waals surface area contributed by atoms with Crippen LogP contribution in [0.1, 0.15) is 39.1 Å². The minimum Gasteiger partial charge on any atom is -0.342 e. The van der Waals surface area contributed by atoms with E-state index in [0.29, 0.717) is 31.0 Å². The van der Waals surface area contributed by atoms with Gasteiger partial charge in [0.15, 0.2) is 0 Å². The van der Waals surface area contributed by atoms with Crippen LogP contribution in [0.3, 0.4) is 0 Å². The predicted octanol–water partition coefficient (Wildman–Crippen LogP) is 1.61. The second-order valence-corrected chi connectivity index (χ2v) is 7.34. The number of likely N-dealkylation sites (tertiary alicyclic amines) is 1. The van der Waals surface area contributed by atoms with Crippen molar-refractivity contribution in [3.8, 4) is 0 Å². The Bertz CT molecular complexity index is 1080. The van der Waals surface area contributed by atoms with E-state index in [2.05, 4.69) is 20.5 Å². The van der Waals surface area contributed by atoms with Gasteiger partial charge in [0.2, 0.25) is 0 Å². The average molecular weight is 398 g/mol. The van der Waals surface area contributed by atoms with Crippen molar-refractivity contribution in [2.75, 3.05) is 13.1 Å². The molecule has 148 valence electrons. The van der Waals surface area contributed by atoms with Crippen molar-refractivity contribution in [3.63, 3.8) is 0 Å². The van der Waals surface area contributed by atoms with E-state index in [4.69, 9.17) is 0 Å². The van der Waals surface area contributed by atoms with Crippen LogP contribution in [-0.2, 0) is 5.54 Å². The first-order valence-corrected chi connectivity index (χ1v) is 9.06. The zero-order valence-electron chi connectivity index (χ0n) is 15.1. The number of nitrogens with zero attached hydrogens (tertiary/aromatic N) is 4. The van der Waals surface area contributed by atoms with E-state index >= 15 is 0 Å². The molecule has 1 saturated heterocycles. The van der Waals surface area contributed by atoms with Gasteiger partial charge in [0.1, 0.15) is 28.7 Å².